The number of rotatable bonds is 6. The second-order valence-corrected chi connectivity index (χ2v) is 9.62. The Kier molecular flexibility index (Phi) is 7.65. The quantitative estimate of drug-likeness (QED) is 0.703. The zero-order valence-corrected chi connectivity index (χ0v) is 19.8. The van der Waals surface area contributed by atoms with Crippen LogP contribution in [0.5, 0.6) is 5.75 Å². The van der Waals surface area contributed by atoms with Crippen LogP contribution in [0.1, 0.15) is 52.1 Å². The zero-order chi connectivity index (χ0) is 23.2. The number of nitrogens with one attached hydrogen (secondary N) is 1. The number of hydrogen-bond donors (Lipinski definition) is 1. The van der Waals surface area contributed by atoms with Crippen molar-refractivity contribution in [2.24, 2.45) is 5.92 Å². The monoisotopic (exact) mass is 469 g/mol. The summed E-state index contributed by atoms with van der Waals surface area (Å²) in [5.74, 6) is 0.457. The summed E-state index contributed by atoms with van der Waals surface area (Å²) < 4.78 is 5.17. The molecule has 2 aromatic rings. The molecule has 2 aliphatic heterocycles. The van der Waals surface area contributed by atoms with Crippen LogP contribution in [-0.4, -0.2) is 66.9 Å². The van der Waals surface area contributed by atoms with Gasteiger partial charge in [0.2, 0.25) is 5.91 Å². The summed E-state index contributed by atoms with van der Waals surface area (Å²) >= 11 is 1.45. The van der Waals surface area contributed by atoms with Gasteiger partial charge in [0.05, 0.1) is 12.0 Å². The Morgan fingerprint density at radius 1 is 0.970 bits per heavy atom. The minimum atomic E-state index is -0.586. The van der Waals surface area contributed by atoms with E-state index in [-0.39, 0.29) is 23.6 Å². The molecule has 2 aliphatic rings. The number of nitrogens with zero attached hydrogens (tertiary/aromatic N) is 2. The predicted octanol–water partition coefficient (Wildman–Crippen LogP) is 3.42. The molecular weight excluding hydrogens is 438 g/mol. The van der Waals surface area contributed by atoms with E-state index in [2.05, 4.69) is 5.32 Å². The summed E-state index contributed by atoms with van der Waals surface area (Å²) in [5, 5.41) is 4.94. The number of likely N-dealkylation sites (tertiary alicyclic amines) is 2. The van der Waals surface area contributed by atoms with Crippen molar-refractivity contribution in [3.8, 4) is 5.75 Å². The standard InChI is InChI=1S/C25H31N3O4S/c1-32-20-9-7-19(8-10-20)23(29)26-22(25(31)27-13-3-2-4-14-27)18-11-15-28(16-12-18)24(30)21-6-5-17-33-21/h5-10,17-18,22H,2-4,11-16H2,1H3,(H,26,29). The molecule has 33 heavy (non-hydrogen) atoms. The second kappa shape index (κ2) is 10.8. The van der Waals surface area contributed by atoms with Crippen molar-refractivity contribution >= 4 is 29.1 Å². The number of ether oxygens (including phenoxy) is 1. The summed E-state index contributed by atoms with van der Waals surface area (Å²) in [6.45, 7) is 2.65. The molecular formula is C25H31N3O4S. The van der Waals surface area contributed by atoms with E-state index in [1.807, 2.05) is 27.3 Å². The van der Waals surface area contributed by atoms with Crippen LogP contribution < -0.4 is 10.1 Å². The van der Waals surface area contributed by atoms with Crippen molar-refractivity contribution in [1.82, 2.24) is 15.1 Å². The van der Waals surface area contributed by atoms with Gasteiger partial charge in [-0.1, -0.05) is 6.07 Å². The molecule has 1 aromatic carbocycles. The smallest absolute Gasteiger partial charge is 0.263 e. The lowest BCUT2D eigenvalue weighted by atomic mass is 9.87. The molecule has 8 heteroatoms. The van der Waals surface area contributed by atoms with Crippen molar-refractivity contribution in [1.29, 1.82) is 0 Å². The van der Waals surface area contributed by atoms with Crippen LogP contribution in [-0.2, 0) is 4.79 Å². The number of thiophene rings is 1. The molecule has 3 heterocycles. The topological polar surface area (TPSA) is 79.0 Å². The Morgan fingerprint density at radius 2 is 1.67 bits per heavy atom. The van der Waals surface area contributed by atoms with Crippen LogP contribution in [0.15, 0.2) is 41.8 Å². The van der Waals surface area contributed by atoms with Gasteiger partial charge >= 0.3 is 0 Å². The van der Waals surface area contributed by atoms with E-state index in [0.29, 0.717) is 37.2 Å². The first kappa shape index (κ1) is 23.3. The zero-order valence-electron chi connectivity index (χ0n) is 19.0. The predicted molar refractivity (Wildman–Crippen MR) is 128 cm³/mol. The van der Waals surface area contributed by atoms with Gasteiger partial charge in [-0.25, -0.2) is 0 Å². The highest BCUT2D eigenvalue weighted by molar-refractivity contribution is 7.12. The number of amides is 3. The SMILES string of the molecule is COc1ccc(C(=O)NC(C(=O)N2CCCCC2)C2CCN(C(=O)c3cccs3)CC2)cc1. The molecule has 0 saturated carbocycles. The third-order valence-electron chi connectivity index (χ3n) is 6.60. The van der Waals surface area contributed by atoms with E-state index < -0.39 is 6.04 Å². The fourth-order valence-electron chi connectivity index (χ4n) is 4.65. The van der Waals surface area contributed by atoms with Gasteiger partial charge in [-0.3, -0.25) is 14.4 Å². The molecule has 0 aliphatic carbocycles. The Morgan fingerprint density at radius 3 is 2.27 bits per heavy atom. The van der Waals surface area contributed by atoms with Crippen molar-refractivity contribution in [2.45, 2.75) is 38.1 Å². The van der Waals surface area contributed by atoms with Gasteiger partial charge in [0, 0.05) is 31.7 Å². The van der Waals surface area contributed by atoms with Crippen LogP contribution in [0.4, 0.5) is 0 Å². The van der Waals surface area contributed by atoms with E-state index in [9.17, 15) is 14.4 Å². The second-order valence-electron chi connectivity index (χ2n) is 8.67. The van der Waals surface area contributed by atoms with E-state index >= 15 is 0 Å². The Bertz CT molecular complexity index is 947. The molecule has 1 N–H and O–H groups in total. The van der Waals surface area contributed by atoms with Gasteiger partial charge in [0.1, 0.15) is 11.8 Å². The number of methoxy groups -OCH3 is 1. The highest BCUT2D eigenvalue weighted by atomic mass is 32.1. The fourth-order valence-corrected chi connectivity index (χ4v) is 5.34. The largest absolute Gasteiger partial charge is 0.497 e. The van der Waals surface area contributed by atoms with E-state index in [0.717, 1.165) is 37.2 Å². The average Bonchev–Trinajstić information content (AvgIpc) is 3.42. The molecule has 4 rings (SSSR count). The third kappa shape index (κ3) is 5.55. The highest BCUT2D eigenvalue weighted by Crippen LogP contribution is 2.26. The molecule has 7 nitrogen and oxygen atoms in total. The lowest BCUT2D eigenvalue weighted by Gasteiger charge is -2.38. The van der Waals surface area contributed by atoms with Gasteiger partial charge in [-0.15, -0.1) is 11.3 Å². The van der Waals surface area contributed by atoms with E-state index in [4.69, 9.17) is 4.74 Å². The Balaban J connectivity index is 1.46. The van der Waals surface area contributed by atoms with Gasteiger partial charge in [0.25, 0.3) is 11.8 Å². The first-order valence-corrected chi connectivity index (χ1v) is 12.5. The maximum absolute atomic E-state index is 13.5. The summed E-state index contributed by atoms with van der Waals surface area (Å²) in [7, 11) is 1.58. The van der Waals surface area contributed by atoms with Gasteiger partial charge in [-0.05, 0) is 73.7 Å². The number of carbonyl (C=O) groups is 3. The van der Waals surface area contributed by atoms with Gasteiger partial charge in [0.15, 0.2) is 0 Å². The molecule has 1 atom stereocenters. The van der Waals surface area contributed by atoms with E-state index in [1.54, 1.807) is 31.4 Å². The summed E-state index contributed by atoms with van der Waals surface area (Å²) in [6, 6.07) is 10.0. The maximum atomic E-state index is 13.5. The number of hydrogen-bond acceptors (Lipinski definition) is 5. The lowest BCUT2D eigenvalue weighted by Crippen LogP contribution is -2.55. The summed E-state index contributed by atoms with van der Waals surface area (Å²) in [5.41, 5.74) is 0.498. The van der Waals surface area contributed by atoms with Gasteiger partial charge < -0.3 is 19.9 Å². The Labute approximate surface area is 198 Å². The molecule has 2 saturated heterocycles. The number of carbonyl (C=O) groups excluding carboxylic acids is 3. The van der Waals surface area contributed by atoms with Crippen LogP contribution in [0.3, 0.4) is 0 Å². The number of piperidine rings is 2. The highest BCUT2D eigenvalue weighted by Gasteiger charge is 2.36. The normalized spacial score (nSPS) is 18.0. The molecule has 0 spiro atoms. The van der Waals surface area contributed by atoms with Crippen LogP contribution in [0, 0.1) is 5.92 Å². The van der Waals surface area contributed by atoms with Crippen LogP contribution >= 0.6 is 11.3 Å². The Hall–Kier alpha value is -2.87. The maximum Gasteiger partial charge on any atom is 0.263 e. The van der Waals surface area contributed by atoms with Crippen molar-refractivity contribution in [3.05, 3.63) is 52.2 Å². The molecule has 1 unspecified atom stereocenters. The van der Waals surface area contributed by atoms with Crippen molar-refractivity contribution in [3.63, 3.8) is 0 Å². The van der Waals surface area contributed by atoms with Crippen molar-refractivity contribution in [2.75, 3.05) is 33.3 Å². The first-order valence-electron chi connectivity index (χ1n) is 11.6. The van der Waals surface area contributed by atoms with Crippen molar-refractivity contribution < 1.29 is 19.1 Å². The molecule has 176 valence electrons. The average molecular weight is 470 g/mol. The van der Waals surface area contributed by atoms with Gasteiger partial charge in [-0.2, -0.15) is 0 Å². The third-order valence-corrected chi connectivity index (χ3v) is 7.46. The minimum Gasteiger partial charge on any atom is -0.497 e. The molecule has 0 radical (unpaired) electrons. The van der Waals surface area contributed by atoms with E-state index in [1.165, 1.54) is 11.3 Å². The van der Waals surface area contributed by atoms with Crippen LogP contribution in [0.2, 0.25) is 0 Å². The first-order chi connectivity index (χ1) is 16.1. The minimum absolute atomic E-state index is 0.000375. The van der Waals surface area contributed by atoms with Crippen LogP contribution in [0.25, 0.3) is 0 Å². The molecule has 0 bridgehead atoms. The summed E-state index contributed by atoms with van der Waals surface area (Å²) in [4.78, 5) is 43.7. The molecule has 2 fully saturated rings. The fraction of sp³-hybridized carbons (Fsp3) is 0.480. The lowest BCUT2D eigenvalue weighted by molar-refractivity contribution is -0.136. The molecule has 3 amide bonds. The number of benzene rings is 1. The summed E-state index contributed by atoms with van der Waals surface area (Å²) in [6.07, 6.45) is 4.50. The molecule has 1 aromatic heterocycles.